The third-order valence-electron chi connectivity index (χ3n) is 10.1. The molecule has 0 saturated carbocycles. The van der Waals surface area contributed by atoms with E-state index in [-0.39, 0.29) is 0 Å². The number of hydrogen-bond donors (Lipinski definition) is 1. The van der Waals surface area contributed by atoms with Crippen LogP contribution in [0.3, 0.4) is 0 Å². The molecule has 0 radical (unpaired) electrons. The van der Waals surface area contributed by atoms with Gasteiger partial charge in [-0.15, -0.1) is 0 Å². The van der Waals surface area contributed by atoms with Crippen molar-refractivity contribution in [3.8, 4) is 11.1 Å². The average molecular weight is 696 g/mol. The van der Waals surface area contributed by atoms with Crippen LogP contribution in [-0.2, 0) is 0 Å². The van der Waals surface area contributed by atoms with E-state index in [9.17, 15) is 0 Å². The number of nitrogens with zero attached hydrogens (tertiary/aromatic N) is 2. The summed E-state index contributed by atoms with van der Waals surface area (Å²) in [6.45, 7) is 14.4. The standard InChI is InChI=1S/C46H45N3Si2/c1-50(2,3)38-25-20-35(21-26-38)48(33-14-9-7-10-15-33)37-24-29-40-41-30-31-45(42-18-13-19-43(46(41)42)47-44(40)32-37)49(34-16-11-8-12-17-34)36-22-27-39(28-23-36)51(4,5)6/h7-32,47H,1-6H3. The molecular formula is C46H45N3Si2. The van der Waals surface area contributed by atoms with Crippen molar-refractivity contribution in [2.45, 2.75) is 39.3 Å². The van der Waals surface area contributed by atoms with Crippen molar-refractivity contribution in [2.75, 3.05) is 15.1 Å². The minimum Gasteiger partial charge on any atom is -0.354 e. The van der Waals surface area contributed by atoms with Gasteiger partial charge in [-0.05, 0) is 78.4 Å². The molecule has 252 valence electrons. The Balaban J connectivity index is 1.24. The first kappa shape index (κ1) is 32.8. The van der Waals surface area contributed by atoms with Crippen LogP contribution >= 0.6 is 0 Å². The van der Waals surface area contributed by atoms with E-state index < -0.39 is 16.1 Å². The highest BCUT2D eigenvalue weighted by molar-refractivity contribution is 6.89. The first-order chi connectivity index (χ1) is 24.6. The maximum absolute atomic E-state index is 3.87. The summed E-state index contributed by atoms with van der Waals surface area (Å²) >= 11 is 0. The Morgan fingerprint density at radius 1 is 0.392 bits per heavy atom. The predicted octanol–water partition coefficient (Wildman–Crippen LogP) is 12.6. The normalized spacial score (nSPS) is 12.3. The predicted molar refractivity (Wildman–Crippen MR) is 228 cm³/mol. The van der Waals surface area contributed by atoms with Crippen LogP contribution in [0.15, 0.2) is 158 Å². The summed E-state index contributed by atoms with van der Waals surface area (Å²) in [6, 6.07) is 58.0. The van der Waals surface area contributed by atoms with Crippen LogP contribution in [0.2, 0.25) is 39.3 Å². The zero-order valence-corrected chi connectivity index (χ0v) is 32.4. The molecule has 0 amide bonds. The molecule has 7 aromatic rings. The van der Waals surface area contributed by atoms with E-state index in [1.165, 1.54) is 38.0 Å². The third kappa shape index (κ3) is 6.17. The highest BCUT2D eigenvalue weighted by Gasteiger charge is 2.25. The van der Waals surface area contributed by atoms with Gasteiger partial charge in [0.2, 0.25) is 0 Å². The molecule has 1 aliphatic rings. The molecule has 51 heavy (non-hydrogen) atoms. The van der Waals surface area contributed by atoms with E-state index in [4.69, 9.17) is 0 Å². The van der Waals surface area contributed by atoms with Crippen LogP contribution < -0.4 is 25.5 Å². The van der Waals surface area contributed by atoms with Crippen molar-refractivity contribution >= 4 is 82.8 Å². The van der Waals surface area contributed by atoms with Crippen molar-refractivity contribution in [2.24, 2.45) is 0 Å². The van der Waals surface area contributed by atoms with Gasteiger partial charge < -0.3 is 15.1 Å². The molecular weight excluding hydrogens is 651 g/mol. The van der Waals surface area contributed by atoms with Crippen LogP contribution in [0.25, 0.3) is 21.9 Å². The average Bonchev–Trinajstić information content (AvgIpc) is 3.13. The zero-order valence-electron chi connectivity index (χ0n) is 30.4. The Kier molecular flexibility index (Phi) is 8.21. The minimum atomic E-state index is -1.43. The van der Waals surface area contributed by atoms with E-state index in [0.29, 0.717) is 0 Å². The zero-order chi connectivity index (χ0) is 35.3. The lowest BCUT2D eigenvalue weighted by Crippen LogP contribution is -2.37. The van der Waals surface area contributed by atoms with Crippen LogP contribution in [0.1, 0.15) is 0 Å². The fourth-order valence-electron chi connectivity index (χ4n) is 7.32. The molecule has 0 atom stereocenters. The van der Waals surface area contributed by atoms with Gasteiger partial charge in [0.1, 0.15) is 0 Å². The fraction of sp³-hybridized carbons (Fsp3) is 0.130. The van der Waals surface area contributed by atoms with E-state index in [1.54, 1.807) is 0 Å². The van der Waals surface area contributed by atoms with E-state index >= 15 is 0 Å². The molecule has 1 heterocycles. The SMILES string of the molecule is C[Si](C)(C)c1ccc(N(c2ccccc2)c2ccc3c(c2)Nc2cccc4c(N(c5ccccc5)c5ccc([Si](C)(C)C)cc5)ccc-3c24)cc1. The highest BCUT2D eigenvalue weighted by atomic mass is 28.3. The number of rotatable bonds is 8. The summed E-state index contributed by atoms with van der Waals surface area (Å²) in [6.07, 6.45) is 0. The lowest BCUT2D eigenvalue weighted by atomic mass is 9.91. The van der Waals surface area contributed by atoms with Gasteiger partial charge >= 0.3 is 0 Å². The summed E-state index contributed by atoms with van der Waals surface area (Å²) in [4.78, 5) is 4.76. The van der Waals surface area contributed by atoms with Crippen LogP contribution in [0, 0.1) is 0 Å². The second-order valence-corrected chi connectivity index (χ2v) is 25.8. The molecule has 3 nitrogen and oxygen atoms in total. The van der Waals surface area contributed by atoms with Gasteiger partial charge in [0, 0.05) is 56.1 Å². The van der Waals surface area contributed by atoms with Crippen LogP contribution in [0.4, 0.5) is 45.5 Å². The molecule has 0 aliphatic carbocycles. The number of benzene rings is 7. The first-order valence-electron chi connectivity index (χ1n) is 17.9. The quantitative estimate of drug-likeness (QED) is 0.160. The van der Waals surface area contributed by atoms with Gasteiger partial charge in [0.05, 0.1) is 21.8 Å². The second kappa shape index (κ2) is 12.8. The summed E-state index contributed by atoms with van der Waals surface area (Å²) in [5.74, 6) is 0. The van der Waals surface area contributed by atoms with E-state index in [2.05, 4.69) is 212 Å². The summed E-state index contributed by atoms with van der Waals surface area (Å²) < 4.78 is 0. The Morgan fingerprint density at radius 2 is 0.882 bits per heavy atom. The first-order valence-corrected chi connectivity index (χ1v) is 24.9. The molecule has 8 rings (SSSR count). The summed E-state index contributed by atoms with van der Waals surface area (Å²) in [7, 11) is -2.84. The number of fused-ring (bicyclic) bond motifs is 2. The molecule has 0 spiro atoms. The molecule has 0 fully saturated rings. The Bertz CT molecular complexity index is 2340. The molecule has 1 N–H and O–H groups in total. The second-order valence-electron chi connectivity index (χ2n) is 15.7. The molecule has 0 aromatic heterocycles. The fourth-order valence-corrected chi connectivity index (χ4v) is 9.65. The van der Waals surface area contributed by atoms with Crippen molar-refractivity contribution in [1.29, 1.82) is 0 Å². The number of para-hydroxylation sites is 2. The topological polar surface area (TPSA) is 18.5 Å². The van der Waals surface area contributed by atoms with Gasteiger partial charge in [-0.25, -0.2) is 0 Å². The van der Waals surface area contributed by atoms with Crippen LogP contribution in [0.5, 0.6) is 0 Å². The van der Waals surface area contributed by atoms with Gasteiger partial charge in [-0.2, -0.15) is 0 Å². The Morgan fingerprint density at radius 3 is 1.45 bits per heavy atom. The van der Waals surface area contributed by atoms with Crippen molar-refractivity contribution in [3.63, 3.8) is 0 Å². The molecule has 5 heteroatoms. The maximum Gasteiger partial charge on any atom is 0.0775 e. The molecule has 0 bridgehead atoms. The monoisotopic (exact) mass is 695 g/mol. The third-order valence-corrected chi connectivity index (χ3v) is 14.2. The van der Waals surface area contributed by atoms with Gasteiger partial charge in [0.25, 0.3) is 0 Å². The molecule has 0 unspecified atom stereocenters. The highest BCUT2D eigenvalue weighted by Crippen LogP contribution is 2.50. The molecule has 0 saturated heterocycles. The molecule has 7 aromatic carbocycles. The van der Waals surface area contributed by atoms with E-state index in [1.807, 2.05) is 0 Å². The molecule has 1 aliphatic heterocycles. The number of hydrogen-bond acceptors (Lipinski definition) is 3. The smallest absolute Gasteiger partial charge is 0.0775 e. The Labute approximate surface area is 304 Å². The maximum atomic E-state index is 3.87. The van der Waals surface area contributed by atoms with Gasteiger partial charge in [-0.1, -0.05) is 135 Å². The Hall–Kier alpha value is -5.37. The summed E-state index contributed by atoms with van der Waals surface area (Å²) in [5.41, 5.74) is 11.6. The lowest BCUT2D eigenvalue weighted by molar-refractivity contribution is 1.28. The number of anilines is 8. The van der Waals surface area contributed by atoms with Crippen molar-refractivity contribution in [1.82, 2.24) is 0 Å². The number of nitrogens with one attached hydrogen (secondary N) is 1. The largest absolute Gasteiger partial charge is 0.354 e. The van der Waals surface area contributed by atoms with E-state index in [0.717, 1.165) is 39.8 Å². The lowest BCUT2D eigenvalue weighted by Gasteiger charge is -2.31. The van der Waals surface area contributed by atoms with Crippen LogP contribution in [-0.4, -0.2) is 16.1 Å². The van der Waals surface area contributed by atoms with Gasteiger partial charge in [-0.3, -0.25) is 0 Å². The van der Waals surface area contributed by atoms with Gasteiger partial charge in [0.15, 0.2) is 0 Å². The van der Waals surface area contributed by atoms with Crippen molar-refractivity contribution in [3.05, 3.63) is 158 Å². The minimum absolute atomic E-state index is 1.11. The van der Waals surface area contributed by atoms with Crippen molar-refractivity contribution < 1.29 is 0 Å². The summed E-state index contributed by atoms with van der Waals surface area (Å²) in [5, 5.41) is 9.26.